The Balaban J connectivity index is 2.02. The highest BCUT2D eigenvalue weighted by molar-refractivity contribution is 14.1. The molecule has 0 fully saturated rings. The molecule has 1 heterocycles. The largest absolute Gasteiger partial charge is 0.399 e. The first-order valence-electron chi connectivity index (χ1n) is 6.34. The molecule has 0 aliphatic heterocycles. The number of nitrogen functional groups attached to an aromatic ring is 1. The van der Waals surface area contributed by atoms with Crippen LogP contribution in [0.3, 0.4) is 0 Å². The standard InChI is InChI=1S/C14H15IN4O2/c1-9-17-8-12(15)14(21)19(9)6-5-13(20)18-11-4-2-3-10(16)7-11/h2-4,7-8H,5-6,16H2,1H3,(H,18,20). The lowest BCUT2D eigenvalue weighted by Crippen LogP contribution is -2.27. The first-order chi connectivity index (χ1) is 9.97. The molecule has 0 aliphatic rings. The number of amides is 1. The zero-order valence-electron chi connectivity index (χ0n) is 11.5. The van der Waals surface area contributed by atoms with Gasteiger partial charge in [-0.2, -0.15) is 0 Å². The summed E-state index contributed by atoms with van der Waals surface area (Å²) in [6.45, 7) is 2.04. The van der Waals surface area contributed by atoms with Crippen LogP contribution in [0.2, 0.25) is 0 Å². The first-order valence-corrected chi connectivity index (χ1v) is 7.42. The second-order valence-corrected chi connectivity index (χ2v) is 5.70. The Labute approximate surface area is 135 Å². The van der Waals surface area contributed by atoms with Crippen LogP contribution in [0.1, 0.15) is 12.2 Å². The number of hydrogen-bond donors (Lipinski definition) is 2. The third-order valence-electron chi connectivity index (χ3n) is 2.94. The number of nitrogens with two attached hydrogens (primary N) is 1. The number of anilines is 2. The lowest BCUT2D eigenvalue weighted by Gasteiger charge is -2.10. The van der Waals surface area contributed by atoms with Gasteiger partial charge in [0, 0.05) is 30.5 Å². The molecule has 1 aromatic carbocycles. The van der Waals surface area contributed by atoms with Gasteiger partial charge in [0.25, 0.3) is 5.56 Å². The smallest absolute Gasteiger partial charge is 0.266 e. The van der Waals surface area contributed by atoms with Crippen molar-refractivity contribution in [3.8, 4) is 0 Å². The van der Waals surface area contributed by atoms with Gasteiger partial charge in [-0.1, -0.05) is 6.07 Å². The molecule has 6 nitrogen and oxygen atoms in total. The third kappa shape index (κ3) is 4.03. The summed E-state index contributed by atoms with van der Waals surface area (Å²) in [6, 6.07) is 6.96. The predicted octanol–water partition coefficient (Wildman–Crippen LogP) is 1.77. The molecule has 1 amide bonds. The van der Waals surface area contributed by atoms with E-state index in [1.165, 1.54) is 10.8 Å². The zero-order chi connectivity index (χ0) is 15.4. The molecular weight excluding hydrogens is 383 g/mol. The van der Waals surface area contributed by atoms with E-state index in [0.717, 1.165) is 0 Å². The summed E-state index contributed by atoms with van der Waals surface area (Å²) in [5, 5.41) is 2.75. The Hall–Kier alpha value is -1.90. The molecule has 21 heavy (non-hydrogen) atoms. The van der Waals surface area contributed by atoms with Crippen LogP contribution < -0.4 is 16.6 Å². The second-order valence-electron chi connectivity index (χ2n) is 4.53. The molecule has 2 aromatic rings. The van der Waals surface area contributed by atoms with Crippen LogP contribution in [0.25, 0.3) is 0 Å². The molecule has 0 radical (unpaired) electrons. The number of aryl methyl sites for hydroxylation is 1. The molecule has 0 saturated carbocycles. The Morgan fingerprint density at radius 2 is 2.24 bits per heavy atom. The van der Waals surface area contributed by atoms with E-state index < -0.39 is 0 Å². The number of nitrogens with one attached hydrogen (secondary N) is 1. The number of carbonyl (C=O) groups excluding carboxylic acids is 1. The Bertz CT molecular complexity index is 727. The lowest BCUT2D eigenvalue weighted by molar-refractivity contribution is -0.116. The molecule has 0 spiro atoms. The van der Waals surface area contributed by atoms with E-state index in [1.54, 1.807) is 31.2 Å². The molecule has 0 bridgehead atoms. The number of nitrogens with zero attached hydrogens (tertiary/aromatic N) is 2. The summed E-state index contributed by atoms with van der Waals surface area (Å²) >= 11 is 1.94. The van der Waals surface area contributed by atoms with E-state index in [4.69, 9.17) is 5.73 Å². The minimum atomic E-state index is -0.175. The predicted molar refractivity (Wildman–Crippen MR) is 90.1 cm³/mol. The number of halogens is 1. The van der Waals surface area contributed by atoms with Crippen molar-refractivity contribution in [1.29, 1.82) is 0 Å². The Morgan fingerprint density at radius 1 is 1.48 bits per heavy atom. The maximum Gasteiger partial charge on any atom is 0.266 e. The van der Waals surface area contributed by atoms with Crippen molar-refractivity contribution in [2.75, 3.05) is 11.1 Å². The van der Waals surface area contributed by atoms with Gasteiger partial charge >= 0.3 is 0 Å². The van der Waals surface area contributed by atoms with E-state index in [0.29, 0.717) is 27.3 Å². The van der Waals surface area contributed by atoms with Crippen molar-refractivity contribution < 1.29 is 4.79 Å². The third-order valence-corrected chi connectivity index (χ3v) is 3.68. The summed E-state index contributed by atoms with van der Waals surface area (Å²) in [5.41, 5.74) is 6.75. The number of carbonyl (C=O) groups is 1. The minimum absolute atomic E-state index is 0.125. The van der Waals surface area contributed by atoms with Gasteiger partial charge in [-0.05, 0) is 47.7 Å². The monoisotopic (exact) mass is 398 g/mol. The van der Waals surface area contributed by atoms with Crippen LogP contribution >= 0.6 is 22.6 Å². The number of hydrogen-bond acceptors (Lipinski definition) is 4. The van der Waals surface area contributed by atoms with Crippen molar-refractivity contribution in [3.63, 3.8) is 0 Å². The number of rotatable bonds is 4. The highest BCUT2D eigenvalue weighted by Crippen LogP contribution is 2.12. The molecule has 0 aliphatic carbocycles. The van der Waals surface area contributed by atoms with Gasteiger partial charge in [-0.25, -0.2) is 4.98 Å². The van der Waals surface area contributed by atoms with Gasteiger partial charge < -0.3 is 11.1 Å². The highest BCUT2D eigenvalue weighted by atomic mass is 127. The quantitative estimate of drug-likeness (QED) is 0.607. The van der Waals surface area contributed by atoms with E-state index in [-0.39, 0.29) is 17.9 Å². The van der Waals surface area contributed by atoms with Gasteiger partial charge in [0.1, 0.15) is 5.82 Å². The van der Waals surface area contributed by atoms with Crippen molar-refractivity contribution in [1.82, 2.24) is 9.55 Å². The minimum Gasteiger partial charge on any atom is -0.399 e. The molecule has 0 unspecified atom stereocenters. The fourth-order valence-corrected chi connectivity index (χ4v) is 2.30. The van der Waals surface area contributed by atoms with Crippen LogP contribution in [-0.4, -0.2) is 15.5 Å². The van der Waals surface area contributed by atoms with Gasteiger partial charge in [-0.15, -0.1) is 0 Å². The number of aromatic nitrogens is 2. The van der Waals surface area contributed by atoms with E-state index in [9.17, 15) is 9.59 Å². The first kappa shape index (κ1) is 15.5. The average Bonchev–Trinajstić information content (AvgIpc) is 2.43. The van der Waals surface area contributed by atoms with Crippen molar-refractivity contribution in [3.05, 3.63) is 50.2 Å². The van der Waals surface area contributed by atoms with Gasteiger partial charge in [0.05, 0.1) is 3.57 Å². The van der Waals surface area contributed by atoms with Crippen LogP contribution in [-0.2, 0) is 11.3 Å². The lowest BCUT2D eigenvalue weighted by atomic mass is 10.2. The molecular formula is C14H15IN4O2. The fraction of sp³-hybridized carbons (Fsp3) is 0.214. The summed E-state index contributed by atoms with van der Waals surface area (Å²) < 4.78 is 2.04. The second kappa shape index (κ2) is 6.70. The van der Waals surface area contributed by atoms with Crippen molar-refractivity contribution in [2.45, 2.75) is 19.9 Å². The van der Waals surface area contributed by atoms with Gasteiger partial charge in [0.2, 0.25) is 5.91 Å². The summed E-state index contributed by atoms with van der Waals surface area (Å²) in [4.78, 5) is 28.0. The van der Waals surface area contributed by atoms with Crippen LogP contribution in [0, 0.1) is 10.5 Å². The van der Waals surface area contributed by atoms with Crippen LogP contribution in [0.5, 0.6) is 0 Å². The summed E-state index contributed by atoms with van der Waals surface area (Å²) in [6.07, 6.45) is 1.72. The Kier molecular flexibility index (Phi) is 4.94. The molecule has 1 aromatic heterocycles. The Morgan fingerprint density at radius 3 is 2.95 bits per heavy atom. The molecule has 110 valence electrons. The maximum absolute atomic E-state index is 12.0. The van der Waals surface area contributed by atoms with Crippen LogP contribution in [0.4, 0.5) is 11.4 Å². The van der Waals surface area contributed by atoms with Gasteiger partial charge in [-0.3, -0.25) is 14.2 Å². The molecule has 0 atom stereocenters. The van der Waals surface area contributed by atoms with Crippen LogP contribution in [0.15, 0.2) is 35.3 Å². The number of benzene rings is 1. The van der Waals surface area contributed by atoms with Crippen molar-refractivity contribution >= 4 is 39.9 Å². The summed E-state index contributed by atoms with van der Waals surface area (Å²) in [7, 11) is 0. The summed E-state index contributed by atoms with van der Waals surface area (Å²) in [5.74, 6) is 0.419. The van der Waals surface area contributed by atoms with E-state index in [1.807, 2.05) is 22.6 Å². The SMILES string of the molecule is Cc1ncc(I)c(=O)n1CCC(=O)Nc1cccc(N)c1. The molecule has 2 rings (SSSR count). The molecule has 0 saturated heterocycles. The zero-order valence-corrected chi connectivity index (χ0v) is 13.6. The highest BCUT2D eigenvalue weighted by Gasteiger charge is 2.08. The van der Waals surface area contributed by atoms with Crippen molar-refractivity contribution in [2.24, 2.45) is 0 Å². The van der Waals surface area contributed by atoms with E-state index >= 15 is 0 Å². The normalized spacial score (nSPS) is 10.4. The average molecular weight is 398 g/mol. The van der Waals surface area contributed by atoms with E-state index in [2.05, 4.69) is 10.3 Å². The molecule has 3 N–H and O–H groups in total. The topological polar surface area (TPSA) is 90.0 Å². The van der Waals surface area contributed by atoms with Gasteiger partial charge in [0.15, 0.2) is 0 Å². The fourth-order valence-electron chi connectivity index (χ4n) is 1.87. The molecule has 7 heteroatoms. The maximum atomic E-state index is 12.0.